The zero-order valence-corrected chi connectivity index (χ0v) is 23.0. The van der Waals surface area contributed by atoms with E-state index in [-0.39, 0.29) is 22.4 Å². The molecule has 0 radical (unpaired) electrons. The Bertz CT molecular complexity index is 1680. The van der Waals surface area contributed by atoms with Gasteiger partial charge in [-0.2, -0.15) is 18.3 Å². The zero-order valence-electron chi connectivity index (χ0n) is 23.0. The maximum atomic E-state index is 13.0. The molecule has 5 rings (SSSR count). The number of nitrogens with one attached hydrogen (secondary N) is 2. The molecule has 2 amide bonds. The fraction of sp³-hybridized carbons (Fsp3) is 0.267. The number of rotatable bonds is 4. The lowest BCUT2D eigenvalue weighted by Gasteiger charge is -2.21. The molecule has 4 aromatic rings. The van der Waals surface area contributed by atoms with E-state index in [4.69, 9.17) is 10.8 Å². The molecule has 2 aromatic heterocycles. The lowest BCUT2D eigenvalue weighted by Crippen LogP contribution is -2.15. The first-order valence-electron chi connectivity index (χ1n) is 13.0. The van der Waals surface area contributed by atoms with E-state index in [2.05, 4.69) is 48.5 Å². The minimum atomic E-state index is -4.56. The highest BCUT2D eigenvalue weighted by Crippen LogP contribution is 2.37. The summed E-state index contributed by atoms with van der Waals surface area (Å²) in [5.74, 6) is -1.01. The second kappa shape index (κ2) is 10.1. The van der Waals surface area contributed by atoms with Gasteiger partial charge >= 0.3 is 6.18 Å². The van der Waals surface area contributed by atoms with Gasteiger partial charge in [-0.3, -0.25) is 9.59 Å². The van der Waals surface area contributed by atoms with Crippen LogP contribution in [-0.4, -0.2) is 26.6 Å². The summed E-state index contributed by atoms with van der Waals surface area (Å²) in [7, 11) is 0. The van der Waals surface area contributed by atoms with Crippen LogP contribution < -0.4 is 16.4 Å². The summed E-state index contributed by atoms with van der Waals surface area (Å²) >= 11 is 0. The van der Waals surface area contributed by atoms with Crippen LogP contribution in [0.25, 0.3) is 11.3 Å². The molecule has 11 heteroatoms. The molecule has 0 saturated heterocycles. The van der Waals surface area contributed by atoms with Crippen LogP contribution in [0.1, 0.15) is 63.7 Å². The van der Waals surface area contributed by atoms with Gasteiger partial charge in [0.2, 0.25) is 0 Å². The van der Waals surface area contributed by atoms with Gasteiger partial charge < -0.3 is 16.4 Å². The number of nitrogens with two attached hydrogens (primary N) is 1. The van der Waals surface area contributed by atoms with Crippen LogP contribution in [0.2, 0.25) is 0 Å². The number of anilines is 3. The van der Waals surface area contributed by atoms with E-state index in [1.165, 1.54) is 11.6 Å². The number of pyridine rings is 1. The van der Waals surface area contributed by atoms with E-state index in [1.807, 2.05) is 6.07 Å². The SMILES string of the molecule is Cc1cc(C(=O)Nc2cc(C(F)(F)F)ccn2)ccc1-c1nn2c(c1C(N)=O)Nc1ccc(C(C)(C)C)cc1CC2. The number of hydrogen-bond donors (Lipinski definition) is 3. The predicted octanol–water partition coefficient (Wildman–Crippen LogP) is 6.22. The number of carbonyl (C=O) groups excluding carboxylic acids is 2. The fourth-order valence-electron chi connectivity index (χ4n) is 4.85. The number of aromatic nitrogens is 3. The Balaban J connectivity index is 1.45. The van der Waals surface area contributed by atoms with Crippen LogP contribution in [0.15, 0.2) is 54.7 Å². The summed E-state index contributed by atoms with van der Waals surface area (Å²) < 4.78 is 40.8. The smallest absolute Gasteiger partial charge is 0.365 e. The van der Waals surface area contributed by atoms with Crippen LogP contribution in [0, 0.1) is 6.92 Å². The van der Waals surface area contributed by atoms with Gasteiger partial charge in [0.15, 0.2) is 0 Å². The summed E-state index contributed by atoms with van der Waals surface area (Å²) in [6, 6.07) is 12.6. The van der Waals surface area contributed by atoms with Crippen molar-refractivity contribution in [2.24, 2.45) is 5.73 Å². The zero-order chi connectivity index (χ0) is 29.7. The molecule has 41 heavy (non-hydrogen) atoms. The predicted molar refractivity (Wildman–Crippen MR) is 150 cm³/mol. The van der Waals surface area contributed by atoms with E-state index in [0.717, 1.165) is 29.6 Å². The van der Waals surface area contributed by atoms with Crippen LogP contribution in [0.4, 0.5) is 30.5 Å². The van der Waals surface area contributed by atoms with Gasteiger partial charge in [0.1, 0.15) is 22.9 Å². The van der Waals surface area contributed by atoms with Crippen molar-refractivity contribution in [3.63, 3.8) is 0 Å². The molecule has 3 heterocycles. The van der Waals surface area contributed by atoms with Gasteiger partial charge in [0.25, 0.3) is 11.8 Å². The lowest BCUT2D eigenvalue weighted by atomic mass is 9.85. The highest BCUT2D eigenvalue weighted by atomic mass is 19.4. The number of alkyl halides is 3. The lowest BCUT2D eigenvalue weighted by molar-refractivity contribution is -0.137. The fourth-order valence-corrected chi connectivity index (χ4v) is 4.85. The van der Waals surface area contributed by atoms with Gasteiger partial charge in [-0.05, 0) is 65.8 Å². The highest BCUT2D eigenvalue weighted by molar-refractivity contribution is 6.06. The molecule has 1 aliphatic heterocycles. The van der Waals surface area contributed by atoms with Crippen LogP contribution >= 0.6 is 0 Å². The van der Waals surface area contributed by atoms with Crippen molar-refractivity contribution in [3.05, 3.63) is 88.1 Å². The standard InChI is InChI=1S/C30H29F3N6O2/c1-16-13-18(28(41)37-23-15-20(9-11-35-23)30(31,32)33)5-7-21(16)25-24(26(34)40)27-36-22-8-6-19(29(2,3)4)14-17(22)10-12-39(27)38-25/h5-9,11,13-15,36H,10,12H2,1-4H3,(H2,34,40)(H,35,37,41). The summed E-state index contributed by atoms with van der Waals surface area (Å²) in [4.78, 5) is 29.3. The molecule has 0 saturated carbocycles. The van der Waals surface area contributed by atoms with Crippen molar-refractivity contribution in [3.8, 4) is 11.3 Å². The molecule has 0 atom stereocenters. The van der Waals surface area contributed by atoms with E-state index in [1.54, 1.807) is 23.7 Å². The summed E-state index contributed by atoms with van der Waals surface area (Å²) in [5.41, 5.74) is 10.1. The molecule has 1 aliphatic rings. The van der Waals surface area contributed by atoms with Crippen molar-refractivity contribution in [2.45, 2.75) is 52.3 Å². The van der Waals surface area contributed by atoms with E-state index in [9.17, 15) is 22.8 Å². The highest BCUT2D eigenvalue weighted by Gasteiger charge is 2.31. The Morgan fingerprint density at radius 2 is 1.78 bits per heavy atom. The molecule has 212 valence electrons. The second-order valence-electron chi connectivity index (χ2n) is 11.1. The van der Waals surface area contributed by atoms with Crippen molar-refractivity contribution >= 4 is 29.1 Å². The first kappa shape index (κ1) is 27.9. The van der Waals surface area contributed by atoms with Gasteiger partial charge in [-0.1, -0.05) is 39.0 Å². The van der Waals surface area contributed by atoms with Gasteiger partial charge in [-0.15, -0.1) is 0 Å². The maximum Gasteiger partial charge on any atom is 0.416 e. The van der Waals surface area contributed by atoms with E-state index in [0.29, 0.717) is 35.6 Å². The average Bonchev–Trinajstić information content (AvgIpc) is 3.15. The second-order valence-corrected chi connectivity index (χ2v) is 11.1. The van der Waals surface area contributed by atoms with Crippen molar-refractivity contribution < 1.29 is 22.8 Å². The normalized spacial score (nSPS) is 13.0. The molecule has 8 nitrogen and oxygen atoms in total. The largest absolute Gasteiger partial charge is 0.416 e. The van der Waals surface area contributed by atoms with Crippen LogP contribution in [-0.2, 0) is 24.6 Å². The molecule has 0 aliphatic carbocycles. The molecule has 4 N–H and O–H groups in total. The number of amides is 2. The topological polar surface area (TPSA) is 115 Å². The molecule has 0 fully saturated rings. The molecular formula is C30H29F3N6O2. The number of fused-ring (bicyclic) bond motifs is 2. The molecular weight excluding hydrogens is 533 g/mol. The monoisotopic (exact) mass is 562 g/mol. The van der Waals surface area contributed by atoms with Gasteiger partial charge in [0, 0.05) is 29.6 Å². The third-order valence-electron chi connectivity index (χ3n) is 7.09. The first-order valence-corrected chi connectivity index (χ1v) is 13.0. The summed E-state index contributed by atoms with van der Waals surface area (Å²) in [6.07, 6.45) is -2.88. The first-order chi connectivity index (χ1) is 19.2. The van der Waals surface area contributed by atoms with Crippen LogP contribution in [0.3, 0.4) is 0 Å². The van der Waals surface area contributed by atoms with Crippen molar-refractivity contribution in [2.75, 3.05) is 10.6 Å². The third-order valence-corrected chi connectivity index (χ3v) is 7.09. The molecule has 0 bridgehead atoms. The average molecular weight is 563 g/mol. The number of halogens is 3. The minimum absolute atomic E-state index is 0.00925. The number of aryl methyl sites for hydroxylation is 3. The summed E-state index contributed by atoms with van der Waals surface area (Å²) in [5, 5.41) is 10.5. The third kappa shape index (κ3) is 5.52. The molecule has 0 unspecified atom stereocenters. The number of hydrogen-bond acceptors (Lipinski definition) is 5. The Kier molecular flexibility index (Phi) is 6.84. The van der Waals surface area contributed by atoms with Gasteiger partial charge in [-0.25, -0.2) is 9.67 Å². The molecule has 2 aromatic carbocycles. The van der Waals surface area contributed by atoms with Gasteiger partial charge in [0.05, 0.1) is 5.56 Å². The summed E-state index contributed by atoms with van der Waals surface area (Å²) in [6.45, 7) is 8.73. The Labute approximate surface area is 234 Å². The van der Waals surface area contributed by atoms with E-state index < -0.39 is 23.6 Å². The van der Waals surface area contributed by atoms with Crippen molar-refractivity contribution in [1.29, 1.82) is 0 Å². The Morgan fingerprint density at radius 3 is 2.44 bits per heavy atom. The van der Waals surface area contributed by atoms with E-state index >= 15 is 0 Å². The number of primary amides is 1. The Morgan fingerprint density at radius 1 is 1.02 bits per heavy atom. The molecule has 0 spiro atoms. The number of carbonyl (C=O) groups is 2. The van der Waals surface area contributed by atoms with Crippen molar-refractivity contribution in [1.82, 2.24) is 14.8 Å². The maximum absolute atomic E-state index is 13.0. The number of benzene rings is 2. The minimum Gasteiger partial charge on any atom is -0.365 e. The Hall–Kier alpha value is -4.67. The van der Waals surface area contributed by atoms with Crippen LogP contribution in [0.5, 0.6) is 0 Å². The quantitative estimate of drug-likeness (QED) is 0.273. The number of nitrogens with zero attached hydrogens (tertiary/aromatic N) is 3.